The molecule has 1 heterocycles. The second-order valence-electron chi connectivity index (χ2n) is 4.28. The Labute approximate surface area is 115 Å². The van der Waals surface area contributed by atoms with Crippen LogP contribution in [0.4, 0.5) is 0 Å². The molecule has 0 saturated heterocycles. The summed E-state index contributed by atoms with van der Waals surface area (Å²) in [6.07, 6.45) is 1.79. The molecule has 3 nitrogen and oxygen atoms in total. The molecule has 1 aliphatic carbocycles. The summed E-state index contributed by atoms with van der Waals surface area (Å²) >= 11 is 12.7. The van der Waals surface area contributed by atoms with E-state index in [-0.39, 0.29) is 5.38 Å². The zero-order valence-electron chi connectivity index (χ0n) is 9.27. The lowest BCUT2D eigenvalue weighted by Gasteiger charge is -2.33. The first kappa shape index (κ1) is 13.6. The van der Waals surface area contributed by atoms with E-state index in [0.29, 0.717) is 21.0 Å². The van der Waals surface area contributed by atoms with Gasteiger partial charge in [0.15, 0.2) is 0 Å². The fourth-order valence-corrected chi connectivity index (χ4v) is 5.30. The Morgan fingerprint density at radius 3 is 2.59 bits per heavy atom. The number of rotatable bonds is 4. The van der Waals surface area contributed by atoms with Gasteiger partial charge in [0.1, 0.15) is 4.21 Å². The van der Waals surface area contributed by atoms with Gasteiger partial charge in [-0.05, 0) is 30.9 Å². The van der Waals surface area contributed by atoms with Crippen molar-refractivity contribution >= 4 is 44.6 Å². The highest BCUT2D eigenvalue weighted by molar-refractivity contribution is 7.91. The smallest absolute Gasteiger partial charge is 0.206 e. The molecule has 1 aromatic heterocycles. The Morgan fingerprint density at radius 2 is 2.12 bits per heavy atom. The van der Waals surface area contributed by atoms with Crippen molar-refractivity contribution in [1.29, 1.82) is 0 Å². The van der Waals surface area contributed by atoms with Crippen LogP contribution in [-0.4, -0.2) is 31.7 Å². The van der Waals surface area contributed by atoms with Crippen molar-refractivity contribution in [1.82, 2.24) is 4.31 Å². The van der Waals surface area contributed by atoms with Gasteiger partial charge in [-0.1, -0.05) is 11.6 Å². The number of thiophene rings is 1. The largest absolute Gasteiger partial charge is 0.252 e. The Kier molecular flexibility index (Phi) is 4.05. The summed E-state index contributed by atoms with van der Waals surface area (Å²) in [7, 11) is -1.78. The van der Waals surface area contributed by atoms with Gasteiger partial charge in [-0.25, -0.2) is 8.42 Å². The Balaban J connectivity index is 2.05. The molecule has 0 aromatic carbocycles. The zero-order valence-corrected chi connectivity index (χ0v) is 12.4. The van der Waals surface area contributed by atoms with Crippen molar-refractivity contribution < 1.29 is 8.42 Å². The molecule has 7 heteroatoms. The second-order valence-corrected chi connectivity index (χ2v) is 8.88. The van der Waals surface area contributed by atoms with Gasteiger partial charge in [0, 0.05) is 19.0 Å². The minimum Gasteiger partial charge on any atom is -0.206 e. The highest BCUT2D eigenvalue weighted by Gasteiger charge is 2.32. The summed E-state index contributed by atoms with van der Waals surface area (Å²) in [5.41, 5.74) is 0. The van der Waals surface area contributed by atoms with Gasteiger partial charge in [0.05, 0.1) is 4.34 Å². The van der Waals surface area contributed by atoms with Gasteiger partial charge in [-0.15, -0.1) is 22.9 Å². The van der Waals surface area contributed by atoms with Gasteiger partial charge in [0.25, 0.3) is 10.0 Å². The van der Waals surface area contributed by atoms with Crippen molar-refractivity contribution in [3.63, 3.8) is 0 Å². The standard InChI is InChI=1S/C10H13Cl2NO2S2/c1-13(6-7-4-8(11)5-7)17(14,15)10-3-2-9(12)16-10/h2-3,7-8H,4-6H2,1H3. The summed E-state index contributed by atoms with van der Waals surface area (Å²) < 4.78 is 26.5. The monoisotopic (exact) mass is 313 g/mol. The molecule has 0 spiro atoms. The molecule has 1 aromatic rings. The van der Waals surface area contributed by atoms with Crippen LogP contribution in [0.15, 0.2) is 16.3 Å². The van der Waals surface area contributed by atoms with Crippen LogP contribution in [0.1, 0.15) is 12.8 Å². The Hall–Kier alpha value is 0.190. The van der Waals surface area contributed by atoms with Crippen LogP contribution in [0.2, 0.25) is 4.34 Å². The molecule has 0 N–H and O–H groups in total. The van der Waals surface area contributed by atoms with E-state index < -0.39 is 10.0 Å². The van der Waals surface area contributed by atoms with Crippen molar-refractivity contribution in [3.8, 4) is 0 Å². The van der Waals surface area contributed by atoms with Crippen LogP contribution in [0.5, 0.6) is 0 Å². The van der Waals surface area contributed by atoms with Gasteiger partial charge in [-0.2, -0.15) is 4.31 Å². The van der Waals surface area contributed by atoms with Crippen molar-refractivity contribution in [2.45, 2.75) is 22.4 Å². The molecular weight excluding hydrogens is 301 g/mol. The molecule has 1 aliphatic rings. The predicted molar refractivity (Wildman–Crippen MR) is 71.5 cm³/mol. The van der Waals surface area contributed by atoms with Crippen LogP contribution >= 0.6 is 34.5 Å². The molecule has 0 aliphatic heterocycles. The molecule has 96 valence electrons. The highest BCUT2D eigenvalue weighted by Crippen LogP contribution is 2.34. The van der Waals surface area contributed by atoms with Gasteiger partial charge >= 0.3 is 0 Å². The van der Waals surface area contributed by atoms with Crippen molar-refractivity contribution in [2.75, 3.05) is 13.6 Å². The number of halogens is 2. The molecule has 0 bridgehead atoms. The summed E-state index contributed by atoms with van der Waals surface area (Å²) in [5.74, 6) is 0.382. The minimum absolute atomic E-state index is 0.215. The molecular formula is C10H13Cl2NO2S2. The fourth-order valence-electron chi connectivity index (χ4n) is 1.86. The topological polar surface area (TPSA) is 37.4 Å². The molecule has 1 fully saturated rings. The average Bonchev–Trinajstić information content (AvgIpc) is 2.63. The van der Waals surface area contributed by atoms with Crippen LogP contribution in [0.3, 0.4) is 0 Å². The van der Waals surface area contributed by atoms with Crippen LogP contribution in [0, 0.1) is 5.92 Å². The van der Waals surface area contributed by atoms with Gasteiger partial charge < -0.3 is 0 Å². The van der Waals surface area contributed by atoms with E-state index in [2.05, 4.69) is 0 Å². The quantitative estimate of drug-likeness (QED) is 0.801. The molecule has 0 radical (unpaired) electrons. The summed E-state index contributed by atoms with van der Waals surface area (Å²) in [5, 5.41) is 0.215. The number of hydrogen-bond donors (Lipinski definition) is 0. The lowest BCUT2D eigenvalue weighted by Crippen LogP contribution is -2.37. The molecule has 0 unspecified atom stereocenters. The molecule has 2 rings (SSSR count). The summed E-state index contributed by atoms with van der Waals surface area (Å²) in [6, 6.07) is 3.15. The maximum absolute atomic E-state index is 12.1. The number of alkyl halides is 1. The van der Waals surface area contributed by atoms with Crippen molar-refractivity contribution in [3.05, 3.63) is 16.5 Å². The summed E-state index contributed by atoms with van der Waals surface area (Å²) in [6.45, 7) is 0.529. The lowest BCUT2D eigenvalue weighted by molar-refractivity contribution is 0.269. The molecule has 0 atom stereocenters. The molecule has 17 heavy (non-hydrogen) atoms. The zero-order chi connectivity index (χ0) is 12.6. The van der Waals surface area contributed by atoms with E-state index in [0.717, 1.165) is 24.2 Å². The minimum atomic E-state index is -3.38. The first-order valence-electron chi connectivity index (χ1n) is 5.25. The highest BCUT2D eigenvalue weighted by atomic mass is 35.5. The van der Waals surface area contributed by atoms with E-state index in [1.165, 1.54) is 4.31 Å². The lowest BCUT2D eigenvalue weighted by atomic mass is 9.85. The van der Waals surface area contributed by atoms with Gasteiger partial charge in [0.2, 0.25) is 0 Å². The maximum atomic E-state index is 12.1. The van der Waals surface area contributed by atoms with Crippen LogP contribution < -0.4 is 0 Å². The average molecular weight is 314 g/mol. The first-order chi connectivity index (χ1) is 7.89. The third-order valence-corrected chi connectivity index (χ3v) is 6.78. The SMILES string of the molecule is CN(CC1CC(Cl)C1)S(=O)(=O)c1ccc(Cl)s1. The Morgan fingerprint density at radius 1 is 1.47 bits per heavy atom. The van der Waals surface area contributed by atoms with E-state index in [1.807, 2.05) is 0 Å². The maximum Gasteiger partial charge on any atom is 0.252 e. The van der Waals surface area contributed by atoms with E-state index in [4.69, 9.17) is 23.2 Å². The fraction of sp³-hybridized carbons (Fsp3) is 0.600. The molecule has 1 saturated carbocycles. The molecule has 0 amide bonds. The first-order valence-corrected chi connectivity index (χ1v) is 8.32. The number of hydrogen-bond acceptors (Lipinski definition) is 3. The number of nitrogens with zero attached hydrogens (tertiary/aromatic N) is 1. The van der Waals surface area contributed by atoms with Crippen molar-refractivity contribution in [2.24, 2.45) is 5.92 Å². The third kappa shape index (κ3) is 2.96. The summed E-state index contributed by atoms with van der Waals surface area (Å²) in [4.78, 5) is 0. The second kappa shape index (κ2) is 5.05. The predicted octanol–water partition coefficient (Wildman–Crippen LogP) is 3.04. The Bertz CT molecular complexity index is 494. The van der Waals surface area contributed by atoms with E-state index in [9.17, 15) is 8.42 Å². The van der Waals surface area contributed by atoms with Gasteiger partial charge in [-0.3, -0.25) is 0 Å². The van der Waals surface area contributed by atoms with E-state index >= 15 is 0 Å². The van der Waals surface area contributed by atoms with E-state index in [1.54, 1.807) is 19.2 Å². The third-order valence-electron chi connectivity index (χ3n) is 2.91. The number of sulfonamides is 1. The normalized spacial score (nSPS) is 24.9. The van der Waals surface area contributed by atoms with Crippen LogP contribution in [-0.2, 0) is 10.0 Å². The van der Waals surface area contributed by atoms with Crippen LogP contribution in [0.25, 0.3) is 0 Å².